The number of nitrogens with zero attached hydrogens (tertiary/aromatic N) is 2. The molecule has 0 unspecified atom stereocenters. The van der Waals surface area contributed by atoms with E-state index in [2.05, 4.69) is 15.8 Å². The van der Waals surface area contributed by atoms with Gasteiger partial charge in [-0.2, -0.15) is 0 Å². The van der Waals surface area contributed by atoms with E-state index in [-0.39, 0.29) is 23.3 Å². The van der Waals surface area contributed by atoms with Gasteiger partial charge in [-0.25, -0.2) is 0 Å². The maximum absolute atomic E-state index is 12.0. The van der Waals surface area contributed by atoms with Crippen LogP contribution in [0.25, 0.3) is 0 Å². The summed E-state index contributed by atoms with van der Waals surface area (Å²) in [6, 6.07) is 7.23. The molecule has 2 aromatic rings. The second-order valence-corrected chi connectivity index (χ2v) is 6.45. The van der Waals surface area contributed by atoms with Gasteiger partial charge in [-0.15, -0.1) is 11.8 Å². The molecule has 1 heterocycles. The number of thioether (sulfide) groups is 1. The van der Waals surface area contributed by atoms with Crippen LogP contribution in [-0.2, 0) is 9.59 Å². The van der Waals surface area contributed by atoms with Crippen molar-refractivity contribution in [2.45, 2.75) is 19.1 Å². The molecule has 0 bridgehead atoms. The Bertz CT molecular complexity index is 792. The van der Waals surface area contributed by atoms with Crippen LogP contribution in [0.4, 0.5) is 17.2 Å². The van der Waals surface area contributed by atoms with Gasteiger partial charge in [0.05, 0.1) is 15.9 Å². The van der Waals surface area contributed by atoms with Crippen LogP contribution in [0.15, 0.2) is 34.9 Å². The van der Waals surface area contributed by atoms with E-state index in [0.29, 0.717) is 17.3 Å². The molecule has 2 amide bonds. The van der Waals surface area contributed by atoms with Gasteiger partial charge in [0, 0.05) is 23.9 Å². The number of aryl methyl sites for hydroxylation is 1. The summed E-state index contributed by atoms with van der Waals surface area (Å²) in [5.41, 5.74) is 0.219. The highest BCUT2D eigenvalue weighted by atomic mass is 32.2. The average molecular weight is 364 g/mol. The second-order valence-electron chi connectivity index (χ2n) is 5.12. The third-order valence-corrected chi connectivity index (χ3v) is 4.20. The largest absolute Gasteiger partial charge is 0.360 e. The Morgan fingerprint density at radius 2 is 2.12 bits per heavy atom. The van der Waals surface area contributed by atoms with Crippen molar-refractivity contribution in [1.82, 2.24) is 5.16 Å². The Balaban J connectivity index is 1.81. The van der Waals surface area contributed by atoms with Crippen LogP contribution in [0, 0.1) is 17.0 Å². The lowest BCUT2D eigenvalue weighted by Crippen LogP contribution is -2.25. The normalized spacial score (nSPS) is 11.6. The van der Waals surface area contributed by atoms with Crippen molar-refractivity contribution < 1.29 is 19.0 Å². The van der Waals surface area contributed by atoms with E-state index < -0.39 is 10.2 Å². The molecule has 2 N–H and O–H groups in total. The van der Waals surface area contributed by atoms with Gasteiger partial charge in [-0.1, -0.05) is 11.2 Å². The molecular formula is C15H16N4O5S. The first kappa shape index (κ1) is 18.5. The van der Waals surface area contributed by atoms with Gasteiger partial charge >= 0.3 is 0 Å². The van der Waals surface area contributed by atoms with Crippen LogP contribution < -0.4 is 10.6 Å². The molecule has 2 rings (SSSR count). The van der Waals surface area contributed by atoms with Crippen LogP contribution in [0.5, 0.6) is 0 Å². The molecule has 25 heavy (non-hydrogen) atoms. The van der Waals surface area contributed by atoms with Crippen molar-refractivity contribution in [2.24, 2.45) is 0 Å². The van der Waals surface area contributed by atoms with Gasteiger partial charge in [0.25, 0.3) is 5.69 Å². The zero-order valence-corrected chi connectivity index (χ0v) is 14.3. The molecule has 0 radical (unpaired) electrons. The highest BCUT2D eigenvalue weighted by Gasteiger charge is 2.17. The van der Waals surface area contributed by atoms with E-state index in [9.17, 15) is 19.7 Å². The molecular weight excluding hydrogens is 348 g/mol. The summed E-state index contributed by atoms with van der Waals surface area (Å²) in [6.45, 7) is 3.37. The fourth-order valence-electron chi connectivity index (χ4n) is 1.82. The summed E-state index contributed by atoms with van der Waals surface area (Å²) in [5.74, 6) is 0.251. The smallest absolute Gasteiger partial charge is 0.271 e. The fourth-order valence-corrected chi connectivity index (χ4v) is 2.51. The Labute approximate surface area is 147 Å². The molecule has 1 aromatic carbocycles. The van der Waals surface area contributed by atoms with E-state index in [1.165, 1.54) is 18.2 Å². The first-order valence-corrected chi connectivity index (χ1v) is 8.30. The number of non-ortho nitro benzene ring substituents is 1. The van der Waals surface area contributed by atoms with Gasteiger partial charge in [-0.05, 0) is 19.9 Å². The second kappa shape index (κ2) is 8.29. The zero-order chi connectivity index (χ0) is 18.4. The van der Waals surface area contributed by atoms with Gasteiger partial charge in [-0.3, -0.25) is 19.7 Å². The summed E-state index contributed by atoms with van der Waals surface area (Å²) in [6.07, 6.45) is 0. The Morgan fingerprint density at radius 3 is 2.76 bits per heavy atom. The van der Waals surface area contributed by atoms with E-state index in [0.717, 1.165) is 11.8 Å². The summed E-state index contributed by atoms with van der Waals surface area (Å²) in [5, 5.41) is 19.0. The van der Waals surface area contributed by atoms with E-state index in [4.69, 9.17) is 4.52 Å². The summed E-state index contributed by atoms with van der Waals surface area (Å²) in [4.78, 5) is 34.1. The maximum atomic E-state index is 12.0. The van der Waals surface area contributed by atoms with Crippen molar-refractivity contribution in [3.05, 3.63) is 46.2 Å². The van der Waals surface area contributed by atoms with Crippen LogP contribution >= 0.6 is 11.8 Å². The van der Waals surface area contributed by atoms with Crippen LogP contribution in [0.1, 0.15) is 12.7 Å². The minimum atomic E-state index is -0.539. The first-order valence-electron chi connectivity index (χ1n) is 7.25. The number of aromatic nitrogens is 1. The molecule has 0 saturated carbocycles. The molecule has 0 fully saturated rings. The number of nitro groups is 1. The predicted octanol–water partition coefficient (Wildman–Crippen LogP) is 2.59. The standard InChI is InChI=1S/C15H16N4O5S/c1-9-6-13(18-24-9)17-15(21)10(2)25-8-14(20)16-11-4-3-5-12(7-11)19(22)23/h3-7,10H,8H2,1-2H3,(H,16,20)(H,17,18,21)/t10-/m1/s1. The Morgan fingerprint density at radius 1 is 1.36 bits per heavy atom. The number of anilines is 2. The number of carbonyl (C=O) groups is 2. The monoisotopic (exact) mass is 364 g/mol. The van der Waals surface area contributed by atoms with Crippen LogP contribution in [0.3, 0.4) is 0 Å². The number of hydrogen-bond acceptors (Lipinski definition) is 7. The lowest BCUT2D eigenvalue weighted by Gasteiger charge is -2.10. The van der Waals surface area contributed by atoms with Crippen molar-refractivity contribution in [3.63, 3.8) is 0 Å². The van der Waals surface area contributed by atoms with Crippen molar-refractivity contribution in [3.8, 4) is 0 Å². The number of benzene rings is 1. The maximum Gasteiger partial charge on any atom is 0.271 e. The number of amides is 2. The number of carbonyl (C=O) groups excluding carboxylic acids is 2. The van der Waals surface area contributed by atoms with Gasteiger partial charge in [0.2, 0.25) is 11.8 Å². The van der Waals surface area contributed by atoms with Gasteiger partial charge < -0.3 is 15.2 Å². The molecule has 132 valence electrons. The Hall–Kier alpha value is -2.88. The minimum absolute atomic E-state index is 0.0229. The number of nitro benzene ring substituents is 1. The zero-order valence-electron chi connectivity index (χ0n) is 13.5. The third kappa shape index (κ3) is 5.60. The molecule has 9 nitrogen and oxygen atoms in total. The SMILES string of the molecule is Cc1cc(NC(=O)[C@@H](C)SCC(=O)Nc2cccc([N+](=O)[O-])c2)no1. The minimum Gasteiger partial charge on any atom is -0.360 e. The van der Waals surface area contributed by atoms with Gasteiger partial charge in [0.1, 0.15) is 5.76 Å². The van der Waals surface area contributed by atoms with Crippen LogP contribution in [0.2, 0.25) is 0 Å². The summed E-state index contributed by atoms with van der Waals surface area (Å²) < 4.78 is 4.85. The quantitative estimate of drug-likeness (QED) is 0.571. The fraction of sp³-hybridized carbons (Fsp3) is 0.267. The van der Waals surface area contributed by atoms with Crippen molar-refractivity contribution in [2.75, 3.05) is 16.4 Å². The molecule has 1 atom stereocenters. The highest BCUT2D eigenvalue weighted by Crippen LogP contribution is 2.18. The lowest BCUT2D eigenvalue weighted by atomic mass is 10.3. The Kier molecular flexibility index (Phi) is 6.12. The summed E-state index contributed by atoms with van der Waals surface area (Å²) in [7, 11) is 0. The first-order chi connectivity index (χ1) is 11.8. The number of hydrogen-bond donors (Lipinski definition) is 2. The molecule has 0 aliphatic heterocycles. The number of rotatable bonds is 7. The van der Waals surface area contributed by atoms with Gasteiger partial charge in [0.15, 0.2) is 5.82 Å². The molecule has 0 aliphatic rings. The predicted molar refractivity (Wildman–Crippen MR) is 93.5 cm³/mol. The summed E-state index contributed by atoms with van der Waals surface area (Å²) >= 11 is 1.13. The van der Waals surface area contributed by atoms with Crippen LogP contribution in [-0.4, -0.2) is 32.9 Å². The highest BCUT2D eigenvalue weighted by molar-refractivity contribution is 8.01. The topological polar surface area (TPSA) is 127 Å². The molecule has 0 saturated heterocycles. The van der Waals surface area contributed by atoms with E-state index >= 15 is 0 Å². The molecule has 10 heteroatoms. The van der Waals surface area contributed by atoms with E-state index in [1.54, 1.807) is 26.0 Å². The average Bonchev–Trinajstić information content (AvgIpc) is 2.97. The molecule has 0 spiro atoms. The molecule has 1 aromatic heterocycles. The lowest BCUT2D eigenvalue weighted by molar-refractivity contribution is -0.384. The molecule has 0 aliphatic carbocycles. The number of nitrogens with one attached hydrogen (secondary N) is 2. The third-order valence-electron chi connectivity index (χ3n) is 3.05. The van der Waals surface area contributed by atoms with Crippen molar-refractivity contribution in [1.29, 1.82) is 0 Å². The van der Waals surface area contributed by atoms with Crippen molar-refractivity contribution >= 4 is 40.8 Å². The van der Waals surface area contributed by atoms with E-state index in [1.807, 2.05) is 0 Å².